The van der Waals surface area contributed by atoms with Crippen molar-refractivity contribution in [3.05, 3.63) is 59.6 Å². The molecule has 0 aliphatic carbocycles. The molecule has 3 aromatic rings. The molecule has 2 amide bonds. The Bertz CT molecular complexity index is 1170. The molecule has 1 aliphatic heterocycles. The number of methoxy groups -OCH3 is 1. The van der Waals surface area contributed by atoms with Crippen LogP contribution in [0, 0.1) is 5.92 Å². The summed E-state index contributed by atoms with van der Waals surface area (Å²) in [6, 6.07) is 16.4. The monoisotopic (exact) mass is 479 g/mol. The average molecular weight is 480 g/mol. The second-order valence-corrected chi connectivity index (χ2v) is 8.59. The third-order valence-corrected chi connectivity index (χ3v) is 5.94. The third-order valence-electron chi connectivity index (χ3n) is 5.68. The van der Waals surface area contributed by atoms with Gasteiger partial charge in [-0.25, -0.2) is 0 Å². The summed E-state index contributed by atoms with van der Waals surface area (Å²) in [5.74, 6) is 0.752. The fourth-order valence-electron chi connectivity index (χ4n) is 3.99. The first-order valence-electron chi connectivity index (χ1n) is 11.0. The molecule has 1 saturated heterocycles. The molecule has 8 nitrogen and oxygen atoms in total. The van der Waals surface area contributed by atoms with E-state index in [0.29, 0.717) is 28.7 Å². The molecule has 2 heterocycles. The van der Waals surface area contributed by atoms with E-state index in [4.69, 9.17) is 16.3 Å². The minimum atomic E-state index is -0.222. The van der Waals surface area contributed by atoms with E-state index in [1.165, 1.54) is 14.0 Å². The number of rotatable bonds is 6. The lowest BCUT2D eigenvalue weighted by molar-refractivity contribution is -0.120. The van der Waals surface area contributed by atoms with Gasteiger partial charge in [-0.05, 0) is 55.3 Å². The second-order valence-electron chi connectivity index (χ2n) is 8.15. The van der Waals surface area contributed by atoms with Crippen LogP contribution in [0.5, 0.6) is 5.75 Å². The first-order chi connectivity index (χ1) is 16.4. The second kappa shape index (κ2) is 10.5. The molecule has 9 heteroatoms. The van der Waals surface area contributed by atoms with Crippen molar-refractivity contribution in [3.63, 3.8) is 0 Å². The molecule has 0 radical (unpaired) electrons. The highest BCUT2D eigenvalue weighted by Gasteiger charge is 2.27. The average Bonchev–Trinajstić information content (AvgIpc) is 2.84. The third kappa shape index (κ3) is 5.63. The molecule has 2 aromatic carbocycles. The van der Waals surface area contributed by atoms with E-state index in [-0.39, 0.29) is 17.7 Å². The van der Waals surface area contributed by atoms with Crippen LogP contribution in [0.4, 0.5) is 17.2 Å². The van der Waals surface area contributed by atoms with Crippen molar-refractivity contribution in [3.8, 4) is 17.0 Å². The normalized spacial score (nSPS) is 15.5. The molecule has 0 bridgehead atoms. The van der Waals surface area contributed by atoms with Crippen LogP contribution in [-0.4, -0.2) is 42.2 Å². The van der Waals surface area contributed by atoms with Crippen LogP contribution in [-0.2, 0) is 9.59 Å². The van der Waals surface area contributed by atoms with Crippen molar-refractivity contribution >= 4 is 40.6 Å². The number of halogens is 1. The topological polar surface area (TPSA) is 96.5 Å². The molecule has 1 fully saturated rings. The maximum Gasteiger partial charge on any atom is 0.229 e. The number of hydrogen-bond donors (Lipinski definition) is 2. The molecule has 0 spiro atoms. The van der Waals surface area contributed by atoms with E-state index < -0.39 is 0 Å². The fourth-order valence-corrected chi connectivity index (χ4v) is 4.12. The van der Waals surface area contributed by atoms with E-state index in [2.05, 4.69) is 25.7 Å². The Morgan fingerprint density at radius 2 is 1.85 bits per heavy atom. The molecule has 0 saturated carbocycles. The lowest BCUT2D eigenvalue weighted by Gasteiger charge is -2.32. The van der Waals surface area contributed by atoms with Crippen LogP contribution in [0.15, 0.2) is 54.6 Å². The number of benzene rings is 2. The number of aromatic nitrogens is 2. The summed E-state index contributed by atoms with van der Waals surface area (Å²) >= 11 is 5.96. The highest BCUT2D eigenvalue weighted by Crippen LogP contribution is 2.30. The molecule has 2 N–H and O–H groups in total. The first-order valence-corrected chi connectivity index (χ1v) is 11.4. The maximum absolute atomic E-state index is 13.1. The maximum atomic E-state index is 13.1. The number of nitrogens with one attached hydrogen (secondary N) is 2. The Morgan fingerprint density at radius 3 is 2.53 bits per heavy atom. The zero-order chi connectivity index (χ0) is 24.1. The number of hydrogen-bond acceptors (Lipinski definition) is 6. The van der Waals surface area contributed by atoms with E-state index >= 15 is 0 Å². The van der Waals surface area contributed by atoms with Gasteiger partial charge in [0.25, 0.3) is 0 Å². The number of carbonyl (C=O) groups excluding carboxylic acids is 2. The van der Waals surface area contributed by atoms with Gasteiger partial charge in [0.2, 0.25) is 11.8 Å². The van der Waals surface area contributed by atoms with E-state index in [0.717, 1.165) is 36.5 Å². The zero-order valence-corrected chi connectivity index (χ0v) is 19.8. The summed E-state index contributed by atoms with van der Waals surface area (Å²) in [7, 11) is 1.54. The minimum absolute atomic E-state index is 0.103. The number of piperidine rings is 1. The van der Waals surface area contributed by atoms with Crippen LogP contribution < -0.4 is 20.3 Å². The van der Waals surface area contributed by atoms with Crippen molar-refractivity contribution < 1.29 is 14.3 Å². The summed E-state index contributed by atoms with van der Waals surface area (Å²) in [5, 5.41) is 15.1. The minimum Gasteiger partial charge on any atom is -0.495 e. The van der Waals surface area contributed by atoms with Gasteiger partial charge in [-0.1, -0.05) is 23.7 Å². The largest absolute Gasteiger partial charge is 0.495 e. The van der Waals surface area contributed by atoms with Crippen LogP contribution in [0.1, 0.15) is 19.8 Å². The Morgan fingerprint density at radius 1 is 1.06 bits per heavy atom. The van der Waals surface area contributed by atoms with Gasteiger partial charge in [-0.2, -0.15) is 0 Å². The summed E-state index contributed by atoms with van der Waals surface area (Å²) in [6.45, 7) is 2.78. The molecule has 4 rings (SSSR count). The van der Waals surface area contributed by atoms with Crippen molar-refractivity contribution in [2.75, 3.05) is 35.7 Å². The van der Waals surface area contributed by atoms with Crippen molar-refractivity contribution in [2.24, 2.45) is 5.92 Å². The van der Waals surface area contributed by atoms with Crippen molar-refractivity contribution in [2.45, 2.75) is 19.8 Å². The molecular formula is C25H26ClN5O3. The summed E-state index contributed by atoms with van der Waals surface area (Å²) < 4.78 is 5.37. The molecule has 1 atom stereocenters. The predicted molar refractivity (Wildman–Crippen MR) is 133 cm³/mol. The van der Waals surface area contributed by atoms with E-state index in [1.807, 2.05) is 36.4 Å². The Kier molecular flexibility index (Phi) is 7.27. The van der Waals surface area contributed by atoms with Crippen LogP contribution in [0.2, 0.25) is 5.02 Å². The van der Waals surface area contributed by atoms with Gasteiger partial charge < -0.3 is 20.3 Å². The first kappa shape index (κ1) is 23.5. The quantitative estimate of drug-likeness (QED) is 0.535. The van der Waals surface area contributed by atoms with Gasteiger partial charge in [0.05, 0.1) is 24.4 Å². The number of anilines is 3. The SMILES string of the molecule is COc1ccc(NC(C)=O)cc1NC(=O)C1CCCN(c2ccc(-c3ccc(Cl)cc3)nn2)C1. The highest BCUT2D eigenvalue weighted by molar-refractivity contribution is 6.30. The Labute approximate surface area is 203 Å². The van der Waals surface area contributed by atoms with Crippen LogP contribution >= 0.6 is 11.6 Å². The molecular weight excluding hydrogens is 454 g/mol. The summed E-state index contributed by atoms with van der Waals surface area (Å²) in [4.78, 5) is 26.5. The van der Waals surface area contributed by atoms with Crippen molar-refractivity contribution in [1.29, 1.82) is 0 Å². The van der Waals surface area contributed by atoms with Gasteiger partial charge in [-0.3, -0.25) is 9.59 Å². The number of carbonyl (C=O) groups is 2. The molecule has 34 heavy (non-hydrogen) atoms. The molecule has 1 aromatic heterocycles. The van der Waals surface area contributed by atoms with Gasteiger partial charge in [0.1, 0.15) is 5.75 Å². The zero-order valence-electron chi connectivity index (χ0n) is 19.0. The number of amides is 2. The lowest BCUT2D eigenvalue weighted by Crippen LogP contribution is -2.41. The Balaban J connectivity index is 1.44. The smallest absolute Gasteiger partial charge is 0.229 e. The summed E-state index contributed by atoms with van der Waals surface area (Å²) in [5.41, 5.74) is 2.81. The van der Waals surface area contributed by atoms with Gasteiger partial charge in [-0.15, -0.1) is 10.2 Å². The van der Waals surface area contributed by atoms with Crippen LogP contribution in [0.25, 0.3) is 11.3 Å². The molecule has 1 aliphatic rings. The number of ether oxygens (including phenoxy) is 1. The Hall–Kier alpha value is -3.65. The van der Waals surface area contributed by atoms with Gasteiger partial charge in [0.15, 0.2) is 5.82 Å². The number of nitrogens with zero attached hydrogens (tertiary/aromatic N) is 3. The van der Waals surface area contributed by atoms with Crippen LogP contribution in [0.3, 0.4) is 0 Å². The standard InChI is InChI=1S/C25H26ClN5O3/c1-16(32)27-20-9-11-23(34-2)22(14-20)28-25(33)18-4-3-13-31(15-18)24-12-10-21(29-30-24)17-5-7-19(26)8-6-17/h5-12,14,18H,3-4,13,15H2,1-2H3,(H,27,32)(H,28,33). The van der Waals surface area contributed by atoms with E-state index in [1.54, 1.807) is 18.2 Å². The molecule has 176 valence electrons. The fraction of sp³-hybridized carbons (Fsp3) is 0.280. The van der Waals surface area contributed by atoms with Gasteiger partial charge in [0, 0.05) is 36.3 Å². The van der Waals surface area contributed by atoms with E-state index in [9.17, 15) is 9.59 Å². The molecule has 1 unspecified atom stereocenters. The summed E-state index contributed by atoms with van der Waals surface area (Å²) in [6.07, 6.45) is 1.63. The highest BCUT2D eigenvalue weighted by atomic mass is 35.5. The lowest BCUT2D eigenvalue weighted by atomic mass is 9.97. The predicted octanol–water partition coefficient (Wildman–Crippen LogP) is 4.62. The van der Waals surface area contributed by atoms with Gasteiger partial charge >= 0.3 is 0 Å². The van der Waals surface area contributed by atoms with Crippen molar-refractivity contribution in [1.82, 2.24) is 10.2 Å².